The summed E-state index contributed by atoms with van der Waals surface area (Å²) in [4.78, 5) is 15.6. The molecule has 1 aliphatic heterocycles. The maximum absolute atomic E-state index is 13.5. The van der Waals surface area contributed by atoms with Crippen molar-refractivity contribution in [2.24, 2.45) is 0 Å². The van der Waals surface area contributed by atoms with Gasteiger partial charge in [0.25, 0.3) is 0 Å². The summed E-state index contributed by atoms with van der Waals surface area (Å²) in [5.41, 5.74) is -1.25. The van der Waals surface area contributed by atoms with Crippen LogP contribution in [0, 0.1) is 0 Å². The van der Waals surface area contributed by atoms with Gasteiger partial charge in [-0.3, -0.25) is 0 Å². The minimum absolute atomic E-state index is 0.0328. The van der Waals surface area contributed by atoms with Crippen LogP contribution < -0.4 is 4.90 Å². The summed E-state index contributed by atoms with van der Waals surface area (Å²) in [7, 11) is 0. The number of amides is 1. The summed E-state index contributed by atoms with van der Waals surface area (Å²) in [6.45, 7) is 6.97. The van der Waals surface area contributed by atoms with Gasteiger partial charge in [0, 0.05) is 36.2 Å². The molecule has 10 heteroatoms. The Balaban J connectivity index is 1.82. The number of hydrogen-bond donors (Lipinski definition) is 0. The minimum Gasteiger partial charge on any atom is -0.444 e. The second-order valence-electron chi connectivity index (χ2n) is 7.92. The number of anilines is 1. The Morgan fingerprint density at radius 3 is 2.17 bits per heavy atom. The molecule has 0 aliphatic carbocycles. The van der Waals surface area contributed by atoms with Crippen LogP contribution in [0.2, 0.25) is 0 Å². The van der Waals surface area contributed by atoms with Crippen LogP contribution in [-0.2, 0) is 10.9 Å². The highest BCUT2D eigenvalue weighted by Gasteiger charge is 2.37. The molecule has 1 saturated heterocycles. The highest BCUT2D eigenvalue weighted by molar-refractivity contribution is 9.10. The van der Waals surface area contributed by atoms with Crippen LogP contribution in [0.25, 0.3) is 11.1 Å². The summed E-state index contributed by atoms with van der Waals surface area (Å²) in [6.07, 6.45) is -5.03. The lowest BCUT2D eigenvalue weighted by atomic mass is 10.0. The Hall–Kier alpha value is -2.36. The zero-order valence-corrected chi connectivity index (χ0v) is 18.4. The molecule has 6 nitrogen and oxygen atoms in total. The summed E-state index contributed by atoms with van der Waals surface area (Å²) < 4.78 is 46.6. The van der Waals surface area contributed by atoms with Crippen LogP contribution >= 0.6 is 15.9 Å². The van der Waals surface area contributed by atoms with E-state index >= 15 is 0 Å². The van der Waals surface area contributed by atoms with Crippen LogP contribution in [-0.4, -0.2) is 53.0 Å². The molecule has 2 aromatic rings. The fourth-order valence-electron chi connectivity index (χ4n) is 3.04. The van der Waals surface area contributed by atoms with E-state index in [1.807, 2.05) is 4.90 Å². The van der Waals surface area contributed by atoms with Gasteiger partial charge in [0.15, 0.2) is 11.5 Å². The molecule has 1 amide bonds. The average Bonchev–Trinajstić information content (AvgIpc) is 2.66. The fraction of sp³-hybridized carbons (Fsp3) is 0.450. The maximum atomic E-state index is 13.5. The number of rotatable bonds is 2. The van der Waals surface area contributed by atoms with Crippen molar-refractivity contribution in [3.63, 3.8) is 0 Å². The van der Waals surface area contributed by atoms with Gasteiger partial charge in [-0.05, 0) is 44.5 Å². The highest BCUT2D eigenvalue weighted by Crippen LogP contribution is 2.37. The molecule has 0 bridgehead atoms. The molecule has 0 N–H and O–H groups in total. The topological polar surface area (TPSA) is 58.6 Å². The first kappa shape index (κ1) is 22.3. The number of nitrogens with zero attached hydrogens (tertiary/aromatic N) is 4. The molecule has 0 saturated carbocycles. The third kappa shape index (κ3) is 5.41. The number of alkyl halides is 3. The van der Waals surface area contributed by atoms with Crippen LogP contribution in [0.5, 0.6) is 0 Å². The van der Waals surface area contributed by atoms with Crippen molar-refractivity contribution in [1.82, 2.24) is 15.1 Å². The highest BCUT2D eigenvalue weighted by atomic mass is 79.9. The fourth-order valence-corrected chi connectivity index (χ4v) is 3.30. The number of ether oxygens (including phenoxy) is 1. The number of piperazine rings is 1. The molecule has 0 spiro atoms. The summed E-state index contributed by atoms with van der Waals surface area (Å²) in [5, 5.41) is 7.31. The normalized spacial score (nSPS) is 15.3. The molecule has 1 aliphatic rings. The monoisotopic (exact) mass is 486 g/mol. The van der Waals surface area contributed by atoms with Crippen LogP contribution in [0.3, 0.4) is 0 Å². The lowest BCUT2D eigenvalue weighted by Gasteiger charge is -2.36. The first-order valence-corrected chi connectivity index (χ1v) is 10.2. The zero-order valence-electron chi connectivity index (χ0n) is 16.8. The Labute approximate surface area is 181 Å². The summed E-state index contributed by atoms with van der Waals surface area (Å²) >= 11 is 3.29. The predicted molar refractivity (Wildman–Crippen MR) is 110 cm³/mol. The molecular formula is C20H22BrF3N4O2. The number of halogens is 4. The molecule has 1 aromatic carbocycles. The first-order chi connectivity index (χ1) is 13.9. The molecule has 2 heterocycles. The molecule has 1 aromatic heterocycles. The van der Waals surface area contributed by atoms with Crippen molar-refractivity contribution < 1.29 is 22.7 Å². The molecule has 1 fully saturated rings. The number of hydrogen-bond acceptors (Lipinski definition) is 5. The molecule has 3 rings (SSSR count). The zero-order chi connectivity index (χ0) is 22.1. The third-order valence-corrected chi connectivity index (χ3v) is 4.99. The summed E-state index contributed by atoms with van der Waals surface area (Å²) in [6, 6.07) is 7.95. The van der Waals surface area contributed by atoms with Crippen molar-refractivity contribution in [3.8, 4) is 11.1 Å². The first-order valence-electron chi connectivity index (χ1n) is 9.38. The molecule has 0 atom stereocenters. The molecule has 30 heavy (non-hydrogen) atoms. The third-order valence-electron chi connectivity index (χ3n) is 4.46. The van der Waals surface area contributed by atoms with Crippen LogP contribution in [0.1, 0.15) is 26.5 Å². The number of carbonyl (C=O) groups is 1. The van der Waals surface area contributed by atoms with E-state index in [-0.39, 0.29) is 5.56 Å². The Morgan fingerprint density at radius 1 is 1.03 bits per heavy atom. The Kier molecular flexibility index (Phi) is 6.26. The van der Waals surface area contributed by atoms with Gasteiger partial charge in [0.2, 0.25) is 0 Å². The molecule has 162 valence electrons. The van der Waals surface area contributed by atoms with Crippen molar-refractivity contribution >= 4 is 27.8 Å². The average molecular weight is 487 g/mol. The van der Waals surface area contributed by atoms with Crippen molar-refractivity contribution in [3.05, 3.63) is 40.5 Å². The van der Waals surface area contributed by atoms with E-state index in [0.29, 0.717) is 37.6 Å². The van der Waals surface area contributed by atoms with Gasteiger partial charge in [-0.15, -0.1) is 10.2 Å². The summed E-state index contributed by atoms with van der Waals surface area (Å²) in [5.74, 6) is 0.338. The smallest absolute Gasteiger partial charge is 0.435 e. The van der Waals surface area contributed by atoms with Gasteiger partial charge in [0.05, 0.1) is 0 Å². The standard InChI is InChI=1S/C20H22BrF3N4O2/c1-19(2,3)30-18(29)28-10-8-27(9-11-28)16-12-15(13-4-6-14(21)7-5-13)17(26-25-16)20(22,23)24/h4-7,12H,8-11H2,1-3H3. The van der Waals surface area contributed by atoms with Gasteiger partial charge in [0.1, 0.15) is 5.60 Å². The predicted octanol–water partition coefficient (Wildman–Crippen LogP) is 4.98. The largest absolute Gasteiger partial charge is 0.444 e. The van der Waals surface area contributed by atoms with Crippen LogP contribution in [0.4, 0.5) is 23.8 Å². The van der Waals surface area contributed by atoms with Crippen LogP contribution in [0.15, 0.2) is 34.8 Å². The maximum Gasteiger partial charge on any atom is 0.435 e. The van der Waals surface area contributed by atoms with E-state index < -0.39 is 23.6 Å². The van der Waals surface area contributed by atoms with Gasteiger partial charge in [-0.2, -0.15) is 13.2 Å². The quantitative estimate of drug-likeness (QED) is 0.598. The van der Waals surface area contributed by atoms with E-state index in [4.69, 9.17) is 4.74 Å². The van der Waals surface area contributed by atoms with E-state index in [1.165, 1.54) is 6.07 Å². The Bertz CT molecular complexity index is 906. The second-order valence-corrected chi connectivity index (χ2v) is 8.84. The minimum atomic E-state index is -4.62. The van der Waals surface area contributed by atoms with E-state index in [0.717, 1.165) is 4.47 Å². The number of aromatic nitrogens is 2. The Morgan fingerprint density at radius 2 is 1.63 bits per heavy atom. The van der Waals surface area contributed by atoms with E-state index in [1.54, 1.807) is 49.9 Å². The number of carbonyl (C=O) groups excluding carboxylic acids is 1. The van der Waals surface area contributed by atoms with Gasteiger partial charge >= 0.3 is 12.3 Å². The van der Waals surface area contributed by atoms with Gasteiger partial charge < -0.3 is 14.5 Å². The molecular weight excluding hydrogens is 465 g/mol. The molecule has 0 unspecified atom stereocenters. The van der Waals surface area contributed by atoms with Crippen molar-refractivity contribution in [2.75, 3.05) is 31.1 Å². The van der Waals surface area contributed by atoms with Crippen molar-refractivity contribution in [1.29, 1.82) is 0 Å². The van der Waals surface area contributed by atoms with E-state index in [9.17, 15) is 18.0 Å². The lowest BCUT2D eigenvalue weighted by molar-refractivity contribution is -0.141. The lowest BCUT2D eigenvalue weighted by Crippen LogP contribution is -2.50. The molecule has 0 radical (unpaired) electrons. The SMILES string of the molecule is CC(C)(C)OC(=O)N1CCN(c2cc(-c3ccc(Br)cc3)c(C(F)(F)F)nn2)CC1. The van der Waals surface area contributed by atoms with E-state index in [2.05, 4.69) is 26.1 Å². The van der Waals surface area contributed by atoms with Crippen molar-refractivity contribution in [2.45, 2.75) is 32.5 Å². The van der Waals surface area contributed by atoms with Gasteiger partial charge in [-0.1, -0.05) is 28.1 Å². The number of benzene rings is 1. The van der Waals surface area contributed by atoms with Gasteiger partial charge in [-0.25, -0.2) is 4.79 Å². The second kappa shape index (κ2) is 8.41.